The average molecular weight is 798 g/mol. The van der Waals surface area contributed by atoms with Crippen molar-refractivity contribution in [2.45, 2.75) is 32.7 Å². The van der Waals surface area contributed by atoms with Gasteiger partial charge in [0.15, 0.2) is 0 Å². The van der Waals surface area contributed by atoms with Gasteiger partial charge in [0.2, 0.25) is 0 Å². The van der Waals surface area contributed by atoms with Gasteiger partial charge in [0, 0.05) is 30.0 Å². The van der Waals surface area contributed by atoms with Crippen LogP contribution in [-0.2, 0) is 20.1 Å². The van der Waals surface area contributed by atoms with Crippen LogP contribution in [0.4, 0.5) is 17.1 Å². The Balaban J connectivity index is 0.000000178. The third kappa shape index (κ3) is 6.29. The average Bonchev–Trinajstić information content (AvgIpc) is 3.66. The Hall–Kier alpha value is -4.48. The van der Waals surface area contributed by atoms with Crippen LogP contribution in [0.15, 0.2) is 132 Å². The Labute approximate surface area is 292 Å². The van der Waals surface area contributed by atoms with Crippen LogP contribution < -0.4 is 10.1 Å². The van der Waals surface area contributed by atoms with E-state index < -0.39 is 14.9 Å². The first kappa shape index (κ1) is 25.7. The standard InChI is InChI=1S/C25H16N2O.C15H18NSi.Ir/c1-2-8-18(9-3-1)27-22-12-6-5-11-21(22)26-25(27)17-14-15-20-19-10-4-7-13-23(19)28-24(20)16-17;1-12-5-7-13(8-6-12)15-10-9-14(11-16-15)17(2,3)4;/h1-13,15-16,25H;5-7,9-11H,1-4H3;/q-2;-1;+3/i;1D3,5D,6D;. The molecular weight excluding hydrogens is 759 g/mol. The zero-order chi connectivity index (χ0) is 35.2. The summed E-state index contributed by atoms with van der Waals surface area (Å²) in [4.78, 5) is 6.65. The van der Waals surface area contributed by atoms with Crippen molar-refractivity contribution in [2.24, 2.45) is 0 Å². The van der Waals surface area contributed by atoms with Gasteiger partial charge in [0.1, 0.15) is 5.58 Å². The first-order valence-electron chi connectivity index (χ1n) is 17.4. The third-order valence-corrected chi connectivity index (χ3v) is 9.91. The van der Waals surface area contributed by atoms with Crippen molar-refractivity contribution in [3.8, 4) is 11.3 Å². The Bertz CT molecular complexity index is 2300. The number of benzene rings is 5. The van der Waals surface area contributed by atoms with Gasteiger partial charge in [0.25, 0.3) is 0 Å². The quantitative estimate of drug-likeness (QED) is 0.132. The number of pyridine rings is 1. The molecule has 8 rings (SSSR count). The fourth-order valence-electron chi connectivity index (χ4n) is 5.48. The van der Waals surface area contributed by atoms with Crippen LogP contribution in [0.3, 0.4) is 0 Å². The maximum absolute atomic E-state index is 7.88. The van der Waals surface area contributed by atoms with Crippen LogP contribution in [-0.4, -0.2) is 13.1 Å². The van der Waals surface area contributed by atoms with E-state index in [4.69, 9.17) is 16.6 Å². The molecule has 0 saturated heterocycles. The van der Waals surface area contributed by atoms with E-state index in [1.54, 1.807) is 0 Å². The zero-order valence-corrected chi connectivity index (χ0v) is 29.0. The second-order valence-corrected chi connectivity index (χ2v) is 17.0. The van der Waals surface area contributed by atoms with Crippen molar-refractivity contribution in [1.82, 2.24) is 4.98 Å². The third-order valence-electron chi connectivity index (χ3n) is 7.88. The minimum atomic E-state index is -2.47. The van der Waals surface area contributed by atoms with Crippen LogP contribution in [0, 0.1) is 19.0 Å². The molecule has 0 N–H and O–H groups in total. The van der Waals surface area contributed by atoms with E-state index in [0.29, 0.717) is 11.3 Å². The molecule has 7 aromatic rings. The molecule has 1 aliphatic rings. The molecule has 5 aromatic carbocycles. The molecule has 6 heteroatoms. The molecule has 1 unspecified atom stereocenters. The van der Waals surface area contributed by atoms with E-state index >= 15 is 0 Å². The fourth-order valence-corrected chi connectivity index (χ4v) is 6.52. The number of rotatable bonds is 4. The first-order valence-corrected chi connectivity index (χ1v) is 18.4. The van der Waals surface area contributed by atoms with Gasteiger partial charge < -0.3 is 19.6 Å². The molecule has 228 valence electrons. The van der Waals surface area contributed by atoms with Gasteiger partial charge in [-0.05, 0) is 46.7 Å². The number of hydrogen-bond acceptors (Lipinski definition) is 3. The van der Waals surface area contributed by atoms with Crippen molar-refractivity contribution < 1.29 is 31.4 Å². The van der Waals surface area contributed by atoms with Crippen LogP contribution in [0.2, 0.25) is 19.6 Å². The number of anilines is 2. The van der Waals surface area contributed by atoms with Gasteiger partial charge in [-0.1, -0.05) is 98.6 Å². The Kier molecular flexibility index (Phi) is 7.31. The summed E-state index contributed by atoms with van der Waals surface area (Å²) in [7, 11) is -1.43. The van der Waals surface area contributed by atoms with Crippen molar-refractivity contribution in [3.63, 3.8) is 0 Å². The number of fused-ring (bicyclic) bond motifs is 4. The second-order valence-electron chi connectivity index (χ2n) is 12.0. The summed E-state index contributed by atoms with van der Waals surface area (Å²) >= 11 is 0. The Morgan fingerprint density at radius 3 is 2.41 bits per heavy atom. The molecule has 1 atom stereocenters. The molecule has 46 heavy (non-hydrogen) atoms. The van der Waals surface area contributed by atoms with Crippen molar-refractivity contribution in [1.29, 1.82) is 0 Å². The van der Waals surface area contributed by atoms with E-state index in [-0.39, 0.29) is 43.9 Å². The molecule has 2 aromatic heterocycles. The van der Waals surface area contributed by atoms with Gasteiger partial charge in [-0.15, -0.1) is 47.1 Å². The second kappa shape index (κ2) is 13.1. The molecular formula is C40H34IrN3OSi. The predicted octanol–water partition coefficient (Wildman–Crippen LogP) is 10.6. The molecule has 0 radical (unpaired) electrons. The van der Waals surface area contributed by atoms with E-state index in [0.717, 1.165) is 44.6 Å². The van der Waals surface area contributed by atoms with E-state index in [1.807, 2.05) is 54.7 Å². The van der Waals surface area contributed by atoms with Gasteiger partial charge in [-0.2, -0.15) is 17.7 Å². The number of furan rings is 1. The van der Waals surface area contributed by atoms with Crippen molar-refractivity contribution in [3.05, 3.63) is 156 Å². The van der Waals surface area contributed by atoms with E-state index in [2.05, 4.69) is 96.3 Å². The monoisotopic (exact) mass is 798 g/mol. The van der Waals surface area contributed by atoms with Crippen molar-refractivity contribution in [2.75, 3.05) is 4.90 Å². The predicted molar refractivity (Wildman–Crippen MR) is 190 cm³/mol. The summed E-state index contributed by atoms with van der Waals surface area (Å²) in [6.45, 7) is 4.21. The minimum Gasteiger partial charge on any atom is -0.661 e. The summed E-state index contributed by atoms with van der Waals surface area (Å²) in [5, 5.41) is 8.41. The molecule has 1 aliphatic heterocycles. The van der Waals surface area contributed by atoms with Crippen LogP contribution in [0.5, 0.6) is 0 Å². The molecule has 0 spiro atoms. The molecule has 0 saturated carbocycles. The number of para-hydroxylation sites is 4. The van der Waals surface area contributed by atoms with Crippen molar-refractivity contribution >= 4 is 52.3 Å². The first-order chi connectivity index (χ1) is 23.9. The van der Waals surface area contributed by atoms with E-state index in [9.17, 15) is 0 Å². The summed E-state index contributed by atoms with van der Waals surface area (Å²) in [6.07, 6.45) is 1.65. The number of nitrogens with zero attached hydrogens (tertiary/aromatic N) is 3. The summed E-state index contributed by atoms with van der Waals surface area (Å²) in [6, 6.07) is 41.9. The molecule has 3 heterocycles. The minimum absolute atomic E-state index is 0. The fraction of sp³-hybridized carbons (Fsp3) is 0.125. The molecule has 0 fully saturated rings. The maximum atomic E-state index is 7.88. The molecule has 0 amide bonds. The number of hydrogen-bond donors (Lipinski definition) is 0. The van der Waals surface area contributed by atoms with Gasteiger partial charge in [-0.3, -0.25) is 0 Å². The van der Waals surface area contributed by atoms with E-state index in [1.165, 1.54) is 11.3 Å². The SMILES string of the molecule is [2H]c1[c-]c(-c2ccc([Si](C)(C)C)cn2)cc([2H])c1C([2H])([2H])[2H].[Ir+3].[c-]1cc2c(cc1C1[N-]c3ccccc3N1c1ccccc1)oc1ccccc12. The van der Waals surface area contributed by atoms with Crippen LogP contribution in [0.25, 0.3) is 38.5 Å². The van der Waals surface area contributed by atoms with Gasteiger partial charge in [-0.25, -0.2) is 0 Å². The smallest absolute Gasteiger partial charge is 0.661 e. The van der Waals surface area contributed by atoms with Crippen LogP contribution >= 0.6 is 0 Å². The summed E-state index contributed by atoms with van der Waals surface area (Å²) in [5.41, 5.74) is 6.78. The Morgan fingerprint density at radius 1 is 0.870 bits per heavy atom. The number of aromatic nitrogens is 1. The maximum Gasteiger partial charge on any atom is 3.00 e. The molecule has 4 nitrogen and oxygen atoms in total. The molecule has 0 bridgehead atoms. The normalized spacial score (nSPS) is 15.7. The van der Waals surface area contributed by atoms with Gasteiger partial charge in [0.05, 0.1) is 8.07 Å². The zero-order valence-electron chi connectivity index (χ0n) is 30.6. The van der Waals surface area contributed by atoms with Gasteiger partial charge >= 0.3 is 20.1 Å². The molecule has 0 aliphatic carbocycles. The summed E-state index contributed by atoms with van der Waals surface area (Å²) in [5.74, 6) is 0. The largest absolute Gasteiger partial charge is 3.00 e. The van der Waals surface area contributed by atoms with Crippen LogP contribution in [0.1, 0.15) is 24.1 Å². The Morgan fingerprint density at radius 2 is 1.65 bits per heavy atom. The summed E-state index contributed by atoms with van der Waals surface area (Å²) < 4.78 is 44.0. The topological polar surface area (TPSA) is 43.4 Å².